The van der Waals surface area contributed by atoms with Gasteiger partial charge in [0.25, 0.3) is 5.56 Å². The first-order chi connectivity index (χ1) is 5.70. The van der Waals surface area contributed by atoms with E-state index in [4.69, 9.17) is 5.73 Å². The summed E-state index contributed by atoms with van der Waals surface area (Å²) in [5, 5.41) is 5.65. The van der Waals surface area contributed by atoms with E-state index >= 15 is 0 Å². The Morgan fingerprint density at radius 2 is 2.42 bits per heavy atom. The fraction of sp³-hybridized carbons (Fsp3) is 0.333. The lowest BCUT2D eigenvalue weighted by Crippen LogP contribution is -2.24. The molecule has 1 aromatic heterocycles. The molecule has 0 saturated heterocycles. The van der Waals surface area contributed by atoms with Crippen LogP contribution in [0.3, 0.4) is 0 Å². The molecule has 0 unspecified atom stereocenters. The fourth-order valence-electron chi connectivity index (χ4n) is 1.18. The molecule has 6 nitrogen and oxygen atoms in total. The molecule has 0 bridgehead atoms. The average Bonchev–Trinajstić information content (AvgIpc) is 2.32. The number of hydrogen-bond acceptors (Lipinski definition) is 4. The van der Waals surface area contributed by atoms with E-state index < -0.39 is 0 Å². The molecule has 0 aliphatic carbocycles. The Labute approximate surface area is 68.1 Å². The third kappa shape index (κ3) is 0.744. The van der Waals surface area contributed by atoms with Crippen molar-refractivity contribution in [2.75, 3.05) is 12.0 Å². The zero-order valence-electron chi connectivity index (χ0n) is 6.59. The quantitative estimate of drug-likeness (QED) is 0.453. The van der Waals surface area contributed by atoms with Gasteiger partial charge in [-0.05, 0) is 0 Å². The van der Waals surface area contributed by atoms with Gasteiger partial charge in [0.2, 0.25) is 0 Å². The summed E-state index contributed by atoms with van der Waals surface area (Å²) in [4.78, 5) is 15.2. The van der Waals surface area contributed by atoms with Gasteiger partial charge >= 0.3 is 0 Å². The molecule has 0 fully saturated rings. The number of amidine groups is 1. The number of aromatic nitrogens is 2. The van der Waals surface area contributed by atoms with Gasteiger partial charge in [-0.1, -0.05) is 0 Å². The summed E-state index contributed by atoms with van der Waals surface area (Å²) < 4.78 is 1.37. The molecule has 0 atom stereocenters. The number of aryl methyl sites for hydroxylation is 1. The molecule has 2 rings (SSSR count). The molecule has 0 amide bonds. The van der Waals surface area contributed by atoms with Gasteiger partial charge in [0.1, 0.15) is 23.9 Å². The largest absolute Gasteiger partial charge is 0.382 e. The molecule has 12 heavy (non-hydrogen) atoms. The van der Waals surface area contributed by atoms with Crippen LogP contribution >= 0.6 is 0 Å². The number of H-pyrrole nitrogens is 1. The number of nitrogens with zero attached hydrogens (tertiary/aromatic N) is 2. The smallest absolute Gasteiger partial charge is 0.290 e. The average molecular weight is 167 g/mol. The van der Waals surface area contributed by atoms with Crippen LogP contribution in [0.25, 0.3) is 0 Å². The molecule has 6 heteroatoms. The van der Waals surface area contributed by atoms with Gasteiger partial charge < -0.3 is 11.1 Å². The number of fused-ring (bicyclic) bond motifs is 1. The van der Waals surface area contributed by atoms with Crippen LogP contribution in [0.5, 0.6) is 0 Å². The summed E-state index contributed by atoms with van der Waals surface area (Å²) in [6.45, 7) is 0.367. The molecule has 0 aromatic carbocycles. The molecular weight excluding hydrogens is 158 g/mol. The van der Waals surface area contributed by atoms with Crippen LogP contribution < -0.4 is 16.6 Å². The number of hydrogen-bond donors (Lipinski definition) is 3. The van der Waals surface area contributed by atoms with E-state index in [0.717, 1.165) is 0 Å². The van der Waals surface area contributed by atoms with E-state index in [0.29, 0.717) is 23.9 Å². The molecule has 1 aromatic rings. The first kappa shape index (κ1) is 6.96. The summed E-state index contributed by atoms with van der Waals surface area (Å²) in [5.74, 6) is 0.376. The second-order valence-electron chi connectivity index (χ2n) is 2.60. The lowest BCUT2D eigenvalue weighted by Gasteiger charge is -2.08. The van der Waals surface area contributed by atoms with Gasteiger partial charge in [-0.2, -0.15) is 0 Å². The normalized spacial score (nSPS) is 14.9. The zero-order valence-corrected chi connectivity index (χ0v) is 6.59. The van der Waals surface area contributed by atoms with E-state index in [2.05, 4.69) is 15.4 Å². The number of nitrogens with one attached hydrogen (secondary N) is 2. The maximum absolute atomic E-state index is 11.3. The molecule has 0 radical (unpaired) electrons. The van der Waals surface area contributed by atoms with Crippen molar-refractivity contribution >= 4 is 11.5 Å². The van der Waals surface area contributed by atoms with Gasteiger partial charge in [0.05, 0.1) is 0 Å². The summed E-state index contributed by atoms with van der Waals surface area (Å²) in [7, 11) is 1.63. The predicted octanol–water partition coefficient (Wildman–Crippen LogP) is -1.20. The Kier molecular flexibility index (Phi) is 1.24. The third-order valence-corrected chi connectivity index (χ3v) is 1.81. The number of nitrogens with two attached hydrogens (primary N) is 1. The standard InChI is InChI=1S/C6H9N5O/c1-11-6(12)4-3(10-11)5(7)9-2-8-4/h8,10H,2H2,1H3,(H2,7,9). The Bertz CT molecular complexity index is 399. The van der Waals surface area contributed by atoms with Crippen LogP contribution in [-0.2, 0) is 7.05 Å². The summed E-state index contributed by atoms with van der Waals surface area (Å²) in [6, 6.07) is 0. The molecule has 64 valence electrons. The minimum Gasteiger partial charge on any atom is -0.382 e. The lowest BCUT2D eigenvalue weighted by molar-refractivity contribution is 0.738. The summed E-state index contributed by atoms with van der Waals surface area (Å²) in [6.07, 6.45) is 0. The van der Waals surface area contributed by atoms with Crippen molar-refractivity contribution in [1.29, 1.82) is 0 Å². The molecule has 1 aliphatic rings. The van der Waals surface area contributed by atoms with Gasteiger partial charge in [-0.15, -0.1) is 0 Å². The highest BCUT2D eigenvalue weighted by Gasteiger charge is 2.17. The van der Waals surface area contributed by atoms with Crippen LogP contribution in [0.1, 0.15) is 5.69 Å². The number of aliphatic imine (C=N–C) groups is 1. The van der Waals surface area contributed by atoms with E-state index in [1.54, 1.807) is 7.05 Å². The third-order valence-electron chi connectivity index (χ3n) is 1.81. The highest BCUT2D eigenvalue weighted by Crippen LogP contribution is 2.09. The van der Waals surface area contributed by atoms with Gasteiger partial charge in [-0.3, -0.25) is 14.6 Å². The van der Waals surface area contributed by atoms with Gasteiger partial charge in [0, 0.05) is 7.05 Å². The van der Waals surface area contributed by atoms with E-state index in [1.165, 1.54) is 4.68 Å². The summed E-state index contributed by atoms with van der Waals surface area (Å²) >= 11 is 0. The number of anilines is 1. The monoisotopic (exact) mass is 167 g/mol. The van der Waals surface area contributed by atoms with Crippen LogP contribution in [0.15, 0.2) is 9.79 Å². The second kappa shape index (κ2) is 2.13. The Hall–Kier alpha value is -1.72. The Balaban J connectivity index is 2.71. The van der Waals surface area contributed by atoms with Crippen molar-refractivity contribution in [2.24, 2.45) is 17.8 Å². The minimum atomic E-state index is -0.108. The predicted molar refractivity (Wildman–Crippen MR) is 45.2 cm³/mol. The van der Waals surface area contributed by atoms with E-state index in [1.807, 2.05) is 0 Å². The van der Waals surface area contributed by atoms with Crippen molar-refractivity contribution in [2.45, 2.75) is 0 Å². The lowest BCUT2D eigenvalue weighted by atomic mass is 10.3. The van der Waals surface area contributed by atoms with Crippen LogP contribution in [0.2, 0.25) is 0 Å². The van der Waals surface area contributed by atoms with E-state index in [-0.39, 0.29) is 5.56 Å². The SMILES string of the molecule is Cn1[nH]c2c(c1=O)NCN=C2N. The Morgan fingerprint density at radius 3 is 3.08 bits per heavy atom. The van der Waals surface area contributed by atoms with Crippen molar-refractivity contribution in [3.05, 3.63) is 16.0 Å². The maximum atomic E-state index is 11.3. The van der Waals surface area contributed by atoms with Crippen LogP contribution in [-0.4, -0.2) is 22.3 Å². The molecule has 4 N–H and O–H groups in total. The van der Waals surface area contributed by atoms with Crippen molar-refractivity contribution in [1.82, 2.24) is 9.78 Å². The molecule has 2 heterocycles. The topological polar surface area (TPSA) is 88.2 Å². The summed E-state index contributed by atoms with van der Waals surface area (Å²) in [5.41, 5.74) is 6.53. The number of aromatic amines is 1. The molecule has 1 aliphatic heterocycles. The fourth-order valence-corrected chi connectivity index (χ4v) is 1.18. The molecule has 0 spiro atoms. The van der Waals surface area contributed by atoms with Gasteiger partial charge in [0.15, 0.2) is 0 Å². The number of rotatable bonds is 0. The van der Waals surface area contributed by atoms with Crippen LogP contribution in [0, 0.1) is 0 Å². The van der Waals surface area contributed by atoms with Crippen molar-refractivity contribution in [3.8, 4) is 0 Å². The molecule has 0 saturated carbocycles. The minimum absolute atomic E-state index is 0.108. The zero-order chi connectivity index (χ0) is 8.72. The van der Waals surface area contributed by atoms with Crippen molar-refractivity contribution in [3.63, 3.8) is 0 Å². The highest BCUT2D eigenvalue weighted by molar-refractivity contribution is 6.01. The first-order valence-electron chi connectivity index (χ1n) is 3.53. The Morgan fingerprint density at radius 1 is 1.67 bits per heavy atom. The van der Waals surface area contributed by atoms with E-state index in [9.17, 15) is 4.79 Å². The van der Waals surface area contributed by atoms with Crippen LogP contribution in [0.4, 0.5) is 5.69 Å². The van der Waals surface area contributed by atoms with Gasteiger partial charge in [-0.25, -0.2) is 4.99 Å². The molecular formula is C6H9N5O. The van der Waals surface area contributed by atoms with Crippen molar-refractivity contribution < 1.29 is 0 Å². The first-order valence-corrected chi connectivity index (χ1v) is 3.53. The highest BCUT2D eigenvalue weighted by atomic mass is 16.1. The second-order valence-corrected chi connectivity index (χ2v) is 2.60. The maximum Gasteiger partial charge on any atom is 0.290 e.